The van der Waals surface area contributed by atoms with Crippen molar-refractivity contribution in [2.45, 2.75) is 36.8 Å². The summed E-state index contributed by atoms with van der Waals surface area (Å²) in [4.78, 5) is 25.1. The van der Waals surface area contributed by atoms with Crippen LogP contribution in [0.4, 0.5) is 0 Å². The molecule has 0 aromatic heterocycles. The van der Waals surface area contributed by atoms with Gasteiger partial charge < -0.3 is 10.1 Å². The van der Waals surface area contributed by atoms with Crippen LogP contribution >= 0.6 is 23.5 Å². The lowest BCUT2D eigenvalue weighted by molar-refractivity contribution is -0.165. The van der Waals surface area contributed by atoms with Crippen LogP contribution in [0.3, 0.4) is 0 Å². The van der Waals surface area contributed by atoms with Crippen LogP contribution < -0.4 is 5.32 Å². The zero-order valence-electron chi connectivity index (χ0n) is 12.6. The molecule has 1 aliphatic heterocycles. The van der Waals surface area contributed by atoms with Crippen LogP contribution in [-0.4, -0.2) is 41.3 Å². The van der Waals surface area contributed by atoms with E-state index in [9.17, 15) is 9.59 Å². The number of morpholine rings is 1. The first-order valence-electron chi connectivity index (χ1n) is 7.47. The molecule has 4 nitrogen and oxygen atoms in total. The number of carbonyl (C=O) groups is 2. The van der Waals surface area contributed by atoms with Gasteiger partial charge in [-0.3, -0.25) is 4.79 Å². The molecule has 0 spiro atoms. The highest BCUT2D eigenvalue weighted by atomic mass is 32.2. The molecule has 0 radical (unpaired) electrons. The second-order valence-corrected chi connectivity index (χ2v) is 7.48. The average Bonchev–Trinajstić information content (AvgIpc) is 2.53. The number of carbonyl (C=O) groups excluding carboxylic acids is 2. The molecule has 1 amide bonds. The van der Waals surface area contributed by atoms with E-state index < -0.39 is 12.1 Å². The van der Waals surface area contributed by atoms with Crippen molar-refractivity contribution in [2.75, 3.05) is 17.3 Å². The van der Waals surface area contributed by atoms with E-state index in [0.29, 0.717) is 12.8 Å². The summed E-state index contributed by atoms with van der Waals surface area (Å²) < 4.78 is 5.31. The molecule has 120 valence electrons. The first-order chi connectivity index (χ1) is 10.7. The highest BCUT2D eigenvalue weighted by molar-refractivity contribution is 7.99. The van der Waals surface area contributed by atoms with Crippen molar-refractivity contribution in [3.8, 4) is 0 Å². The minimum absolute atomic E-state index is 0.167. The van der Waals surface area contributed by atoms with Gasteiger partial charge in [0.05, 0.1) is 0 Å². The molecule has 1 aromatic rings. The maximum Gasteiger partial charge on any atom is 0.329 e. The van der Waals surface area contributed by atoms with Crippen LogP contribution in [0.2, 0.25) is 0 Å². The Kier molecular flexibility index (Phi) is 7.12. The first-order valence-corrected chi connectivity index (χ1v) is 9.61. The van der Waals surface area contributed by atoms with Gasteiger partial charge in [0.2, 0.25) is 0 Å². The topological polar surface area (TPSA) is 55.4 Å². The van der Waals surface area contributed by atoms with Gasteiger partial charge in [-0.25, -0.2) is 4.79 Å². The van der Waals surface area contributed by atoms with Gasteiger partial charge in [0.25, 0.3) is 5.91 Å². The van der Waals surface area contributed by atoms with Gasteiger partial charge >= 0.3 is 5.97 Å². The summed E-state index contributed by atoms with van der Waals surface area (Å²) in [5.41, 5.74) is 0. The number of hydrogen-bond acceptors (Lipinski definition) is 5. The molecule has 1 heterocycles. The molecule has 1 aromatic carbocycles. The molecule has 1 N–H and O–H groups in total. The van der Waals surface area contributed by atoms with Crippen LogP contribution in [0.25, 0.3) is 0 Å². The fourth-order valence-corrected chi connectivity index (χ4v) is 3.73. The Morgan fingerprint density at radius 1 is 1.14 bits per heavy atom. The lowest BCUT2D eigenvalue weighted by atomic mass is 10.1. The van der Waals surface area contributed by atoms with Gasteiger partial charge in [-0.15, -0.1) is 11.8 Å². The third-order valence-corrected chi connectivity index (χ3v) is 5.28. The van der Waals surface area contributed by atoms with Crippen LogP contribution in [0, 0.1) is 0 Å². The molecule has 1 saturated heterocycles. The molecule has 0 bridgehead atoms. The molecular weight excluding hydrogens is 318 g/mol. The number of rotatable bonds is 8. The monoisotopic (exact) mass is 339 g/mol. The van der Waals surface area contributed by atoms with Gasteiger partial charge in [-0.2, -0.15) is 11.8 Å². The Hall–Kier alpha value is -1.14. The van der Waals surface area contributed by atoms with Crippen molar-refractivity contribution in [3.63, 3.8) is 0 Å². The summed E-state index contributed by atoms with van der Waals surface area (Å²) in [5, 5.41) is 2.79. The van der Waals surface area contributed by atoms with E-state index in [2.05, 4.69) is 12.2 Å². The van der Waals surface area contributed by atoms with Crippen molar-refractivity contribution in [3.05, 3.63) is 30.3 Å². The summed E-state index contributed by atoms with van der Waals surface area (Å²) >= 11 is 3.42. The number of thioether (sulfide) groups is 2. The second kappa shape index (κ2) is 9.10. The van der Waals surface area contributed by atoms with Crippen molar-refractivity contribution in [1.29, 1.82) is 0 Å². The second-order valence-electron chi connectivity index (χ2n) is 4.92. The number of hydrogen-bond donors (Lipinski definition) is 1. The minimum atomic E-state index is -0.654. The number of ether oxygens (including phenoxy) is 1. The summed E-state index contributed by atoms with van der Waals surface area (Å²) in [6, 6.07) is 9.50. The molecule has 2 rings (SSSR count). The van der Waals surface area contributed by atoms with Crippen LogP contribution in [0.15, 0.2) is 35.2 Å². The fraction of sp³-hybridized carbons (Fsp3) is 0.500. The summed E-state index contributed by atoms with van der Waals surface area (Å²) in [6.45, 7) is 2.07. The van der Waals surface area contributed by atoms with E-state index in [4.69, 9.17) is 4.74 Å². The maximum absolute atomic E-state index is 12.0. The largest absolute Gasteiger partial charge is 0.451 e. The lowest BCUT2D eigenvalue weighted by Gasteiger charge is -2.28. The van der Waals surface area contributed by atoms with Gasteiger partial charge in [0.15, 0.2) is 6.10 Å². The Balaban J connectivity index is 1.74. The fourth-order valence-electron chi connectivity index (χ4n) is 2.13. The lowest BCUT2D eigenvalue weighted by Crippen LogP contribution is -2.54. The SMILES string of the molecule is CCSCC[C@@H]1NC(=O)[C@H](CCSc2ccccc2)OC1=O. The van der Waals surface area contributed by atoms with Crippen molar-refractivity contribution >= 4 is 35.4 Å². The van der Waals surface area contributed by atoms with E-state index in [0.717, 1.165) is 22.2 Å². The molecule has 6 heteroatoms. The normalized spacial score (nSPS) is 21.3. The summed E-state index contributed by atoms with van der Waals surface area (Å²) in [6.07, 6.45) is 0.515. The summed E-state index contributed by atoms with van der Waals surface area (Å²) in [7, 11) is 0. The Bertz CT molecular complexity index is 495. The third-order valence-electron chi connectivity index (χ3n) is 3.30. The standard InChI is InChI=1S/C16H21NO3S2/c1-2-21-10-8-13-16(19)20-14(15(18)17-13)9-11-22-12-6-4-3-5-7-12/h3-7,13-14H,2,8-11H2,1H3,(H,17,18)/t13-,14-/m0/s1. The third kappa shape index (κ3) is 5.25. The van der Waals surface area contributed by atoms with Gasteiger partial charge in [-0.05, 0) is 30.1 Å². The number of amides is 1. The number of benzene rings is 1. The zero-order chi connectivity index (χ0) is 15.8. The van der Waals surface area contributed by atoms with E-state index in [1.165, 1.54) is 0 Å². The van der Waals surface area contributed by atoms with Crippen molar-refractivity contribution < 1.29 is 14.3 Å². The number of esters is 1. The highest BCUT2D eigenvalue weighted by Gasteiger charge is 2.35. The van der Waals surface area contributed by atoms with E-state index in [1.807, 2.05) is 30.3 Å². The van der Waals surface area contributed by atoms with E-state index in [-0.39, 0.29) is 11.9 Å². The Labute approximate surface area is 139 Å². The molecule has 1 aliphatic rings. The summed E-state index contributed by atoms with van der Waals surface area (Å²) in [5.74, 6) is 2.14. The van der Waals surface area contributed by atoms with Crippen molar-refractivity contribution in [2.24, 2.45) is 0 Å². The van der Waals surface area contributed by atoms with Crippen LogP contribution in [0.5, 0.6) is 0 Å². The van der Waals surface area contributed by atoms with Crippen LogP contribution in [0.1, 0.15) is 19.8 Å². The van der Waals surface area contributed by atoms with Gasteiger partial charge in [-0.1, -0.05) is 25.1 Å². The minimum Gasteiger partial charge on any atom is -0.451 e. The molecule has 0 saturated carbocycles. The van der Waals surface area contributed by atoms with Gasteiger partial charge in [0.1, 0.15) is 6.04 Å². The molecule has 0 unspecified atom stereocenters. The highest BCUT2D eigenvalue weighted by Crippen LogP contribution is 2.20. The number of nitrogens with one attached hydrogen (secondary N) is 1. The quantitative estimate of drug-likeness (QED) is 0.448. The Morgan fingerprint density at radius 2 is 1.91 bits per heavy atom. The predicted octanol–water partition coefficient (Wildman–Crippen LogP) is 2.72. The zero-order valence-corrected chi connectivity index (χ0v) is 14.3. The van der Waals surface area contributed by atoms with E-state index >= 15 is 0 Å². The smallest absolute Gasteiger partial charge is 0.329 e. The number of cyclic esters (lactones) is 1. The average molecular weight is 339 g/mol. The predicted molar refractivity (Wildman–Crippen MR) is 91.2 cm³/mol. The molecule has 2 atom stereocenters. The Morgan fingerprint density at radius 3 is 2.64 bits per heavy atom. The van der Waals surface area contributed by atoms with Crippen LogP contribution in [-0.2, 0) is 14.3 Å². The molecule has 1 fully saturated rings. The van der Waals surface area contributed by atoms with Gasteiger partial charge in [0, 0.05) is 17.1 Å². The first kappa shape index (κ1) is 17.2. The van der Waals surface area contributed by atoms with E-state index in [1.54, 1.807) is 23.5 Å². The molecule has 22 heavy (non-hydrogen) atoms. The molecular formula is C16H21NO3S2. The molecule has 0 aliphatic carbocycles. The van der Waals surface area contributed by atoms with Crippen molar-refractivity contribution in [1.82, 2.24) is 5.32 Å². The maximum atomic E-state index is 12.0.